The van der Waals surface area contributed by atoms with Gasteiger partial charge in [0.05, 0.1) is 30.6 Å². The van der Waals surface area contributed by atoms with Crippen LogP contribution in [-0.4, -0.2) is 161 Å². The van der Waals surface area contributed by atoms with E-state index in [1.54, 1.807) is 48.5 Å². The Bertz CT molecular complexity index is 3810. The molecule has 0 aliphatic carbocycles. The van der Waals surface area contributed by atoms with Crippen LogP contribution in [0.25, 0.3) is 0 Å². The Balaban J connectivity index is 0.894. The fourth-order valence-corrected chi connectivity index (χ4v) is 14.8. The zero-order chi connectivity index (χ0) is 72.2. The Kier molecular flexibility index (Phi) is 19.9. The van der Waals surface area contributed by atoms with Crippen molar-refractivity contribution < 1.29 is 126 Å². The van der Waals surface area contributed by atoms with E-state index in [-0.39, 0.29) is 22.3 Å². The number of carbonyl (C=O) groups excluding carboxylic acids is 4. The molecule has 0 unspecified atom stereocenters. The number of benzene rings is 4. The first-order valence-electron chi connectivity index (χ1n) is 32.7. The third kappa shape index (κ3) is 15.5. The average Bonchev–Trinajstić information content (AvgIpc) is 1.62. The van der Waals surface area contributed by atoms with Gasteiger partial charge in [0.2, 0.25) is 17.7 Å². The Morgan fingerprint density at radius 2 is 0.620 bits per heavy atom. The van der Waals surface area contributed by atoms with Crippen molar-refractivity contribution in [2.45, 2.75) is 252 Å². The van der Waals surface area contributed by atoms with Crippen molar-refractivity contribution >= 4 is 29.8 Å². The van der Waals surface area contributed by atoms with Gasteiger partial charge in [-0.1, -0.05) is 24.3 Å². The molecule has 4 aromatic rings. The van der Waals surface area contributed by atoms with Crippen molar-refractivity contribution in [1.82, 2.24) is 21.3 Å². The Morgan fingerprint density at radius 1 is 0.390 bits per heavy atom. The SMILES string of the molecule is CC(C)(C)OC(=O)N[C@H](CC(=O)N[C@@H](CC(=O)N[C@H](CC(=O)N[C@@H](CC(=O)O)[C@H]1O[C@@H](c2ccc(F)cc2F)[C@H]2OC(C)(C)O[C@@H]12)[C@H]1O[C@@H](c2ccc(F)cc2F)[C@H]2OC(C)(C)O[C@@H]12)[C@H]1O[C@@H](c2ccc(F)cc2F)[C@H]2OC(C)(C)O[C@@H]12)[C@H]1O[C@@H](c2ccc(F)cc2F)[C@H]2OC(C)(C)O[C@@H]12. The molecule has 4 amide bonds. The number of carboxylic acid groups (broad SMARTS) is 1. The number of rotatable bonds is 20. The van der Waals surface area contributed by atoms with Gasteiger partial charge in [-0.05, 0) is 100 Å². The quantitative estimate of drug-likeness (QED) is 0.0517. The summed E-state index contributed by atoms with van der Waals surface area (Å²) in [5, 5.41) is 21.4. The van der Waals surface area contributed by atoms with Crippen molar-refractivity contribution in [3.8, 4) is 0 Å². The molecule has 12 rings (SSSR count). The largest absolute Gasteiger partial charge is 0.481 e. The van der Waals surface area contributed by atoms with Crippen molar-refractivity contribution in [3.63, 3.8) is 0 Å². The molecular weight excluding hydrogens is 1340 g/mol. The lowest BCUT2D eigenvalue weighted by atomic mass is 9.94. The maximum Gasteiger partial charge on any atom is 0.407 e. The molecule has 8 aliphatic rings. The molecule has 4 aromatic carbocycles. The summed E-state index contributed by atoms with van der Waals surface area (Å²) < 4.78 is 203. The van der Waals surface area contributed by atoms with E-state index in [0.717, 1.165) is 48.5 Å². The lowest BCUT2D eigenvalue weighted by Crippen LogP contribution is -2.56. The van der Waals surface area contributed by atoms with Gasteiger partial charge < -0.3 is 88.0 Å². The molecule has 0 bridgehead atoms. The number of fused-ring (bicyclic) bond motifs is 4. The molecule has 20 atom stereocenters. The van der Waals surface area contributed by atoms with E-state index < -0.39 is 253 Å². The summed E-state index contributed by atoms with van der Waals surface area (Å²) in [4.78, 5) is 72.6. The fourth-order valence-electron chi connectivity index (χ4n) is 14.8. The van der Waals surface area contributed by atoms with Crippen LogP contribution in [0.2, 0.25) is 0 Å². The number of amides is 4. The van der Waals surface area contributed by atoms with Crippen LogP contribution in [0.4, 0.5) is 39.9 Å². The van der Waals surface area contributed by atoms with Gasteiger partial charge in [-0.25, -0.2) is 39.9 Å². The molecule has 23 nitrogen and oxygen atoms in total. The lowest BCUT2D eigenvalue weighted by Gasteiger charge is -2.33. The van der Waals surface area contributed by atoms with E-state index in [1.165, 1.54) is 27.7 Å². The molecule has 8 fully saturated rings. The summed E-state index contributed by atoms with van der Waals surface area (Å²) in [5.41, 5.74) is -1.86. The van der Waals surface area contributed by atoms with Crippen LogP contribution in [0.1, 0.15) is 149 Å². The standard InChI is InChI=1S/C69H78F8N4O19/c1-65(2,3)100-64(87)81-42(54-62-58(94-68(8,9)98-62)50(90-54)34-18-14-30(72)22-38(34)76)26-46(84)79-40(52-60-56(92-66(4,5)96-60)48(88-52)32-16-12-28(70)20-36(32)74)24-44(82)78-41(53-61-57(93-67(6,7)97-61)49(89-53)33-17-13-29(71)21-37(33)75)25-45(83)80-43(27-47(85)86)55-63-59(95-69(10,11)99-63)51(91-55)35-19-15-31(73)23-39(35)77/h12-23,40-43,48-63H,24-27H2,1-11H3,(H,78,82)(H,79,84)(H,80,83)(H,81,87)(H,85,86)/t40-,41+,42+,43-,48-,49-,50-,51-,52+,53+,54+,55+,56+,57+,58+,59+,60-,61-,62-,63-/m0/s1. The van der Waals surface area contributed by atoms with Gasteiger partial charge in [-0.3, -0.25) is 19.2 Å². The second kappa shape index (κ2) is 27.3. The predicted molar refractivity (Wildman–Crippen MR) is 326 cm³/mol. The summed E-state index contributed by atoms with van der Waals surface area (Å²) in [6.07, 6.45) is -25.3. The predicted octanol–water partition coefficient (Wildman–Crippen LogP) is 8.73. The van der Waals surface area contributed by atoms with Crippen LogP contribution in [0.3, 0.4) is 0 Å². The molecule has 0 spiro atoms. The number of carboxylic acids is 1. The first-order valence-corrected chi connectivity index (χ1v) is 32.7. The number of nitrogens with one attached hydrogen (secondary N) is 4. The summed E-state index contributed by atoms with van der Waals surface area (Å²) >= 11 is 0. The van der Waals surface area contributed by atoms with Gasteiger partial charge in [0.25, 0.3) is 0 Å². The van der Waals surface area contributed by atoms with E-state index in [4.69, 9.17) is 61.6 Å². The van der Waals surface area contributed by atoms with Crippen molar-refractivity contribution in [3.05, 3.63) is 142 Å². The molecule has 5 N–H and O–H groups in total. The van der Waals surface area contributed by atoms with Gasteiger partial charge in [-0.2, -0.15) is 0 Å². The Labute approximate surface area is 569 Å². The Morgan fingerprint density at radius 3 is 0.850 bits per heavy atom. The molecule has 8 heterocycles. The van der Waals surface area contributed by atoms with Crippen molar-refractivity contribution in [1.29, 1.82) is 0 Å². The first kappa shape index (κ1) is 72.8. The third-order valence-electron chi connectivity index (χ3n) is 18.4. The van der Waals surface area contributed by atoms with E-state index >= 15 is 31.9 Å². The van der Waals surface area contributed by atoms with Crippen molar-refractivity contribution in [2.24, 2.45) is 0 Å². The summed E-state index contributed by atoms with van der Waals surface area (Å²) in [7, 11) is 0. The maximum atomic E-state index is 16.0. The molecule has 0 aromatic heterocycles. The zero-order valence-corrected chi connectivity index (χ0v) is 56.1. The molecule has 100 heavy (non-hydrogen) atoms. The second-order valence-electron chi connectivity index (χ2n) is 29.0. The van der Waals surface area contributed by atoms with Crippen LogP contribution in [0.5, 0.6) is 0 Å². The summed E-state index contributed by atoms with van der Waals surface area (Å²) in [6.45, 7) is 17.1. The van der Waals surface area contributed by atoms with Gasteiger partial charge in [0, 0.05) is 65.8 Å². The van der Waals surface area contributed by atoms with Crippen LogP contribution in [0, 0.1) is 46.5 Å². The molecule has 0 saturated carbocycles. The monoisotopic (exact) mass is 1420 g/mol. The molecule has 8 aliphatic heterocycles. The number of carbonyl (C=O) groups is 5. The van der Waals surface area contributed by atoms with Crippen LogP contribution >= 0.6 is 0 Å². The number of halogens is 8. The van der Waals surface area contributed by atoms with Gasteiger partial charge >= 0.3 is 12.1 Å². The lowest BCUT2D eigenvalue weighted by molar-refractivity contribution is -0.192. The van der Waals surface area contributed by atoms with Crippen LogP contribution in [-0.2, 0) is 80.8 Å². The second-order valence-corrected chi connectivity index (χ2v) is 29.0. The number of alkyl carbamates (subject to hydrolysis) is 1. The smallest absolute Gasteiger partial charge is 0.407 e. The number of hydrogen-bond donors (Lipinski definition) is 5. The molecule has 8 saturated heterocycles. The van der Waals surface area contributed by atoms with Gasteiger partial charge in [-0.15, -0.1) is 0 Å². The number of ether oxygens (including phenoxy) is 13. The summed E-state index contributed by atoms with van der Waals surface area (Å²) in [5.74, 6) is -17.9. The third-order valence-corrected chi connectivity index (χ3v) is 18.4. The average molecular weight is 1420 g/mol. The molecule has 31 heteroatoms. The summed E-state index contributed by atoms with van der Waals surface area (Å²) in [6, 6.07) is 4.68. The minimum Gasteiger partial charge on any atom is -0.481 e. The molecule has 0 radical (unpaired) electrons. The van der Waals surface area contributed by atoms with Crippen LogP contribution < -0.4 is 21.3 Å². The maximum absolute atomic E-state index is 16.0. The highest BCUT2D eigenvalue weighted by Crippen LogP contribution is 2.52. The normalized spacial score (nSPS) is 32.2. The van der Waals surface area contributed by atoms with E-state index in [1.807, 2.05) is 0 Å². The molecule has 544 valence electrons. The highest BCUT2D eigenvalue weighted by atomic mass is 19.2. The van der Waals surface area contributed by atoms with Crippen LogP contribution in [0.15, 0.2) is 72.8 Å². The van der Waals surface area contributed by atoms with E-state index in [0.29, 0.717) is 24.3 Å². The van der Waals surface area contributed by atoms with Gasteiger partial charge in [0.15, 0.2) is 23.1 Å². The van der Waals surface area contributed by atoms with Gasteiger partial charge in [0.1, 0.15) is 150 Å². The topological polar surface area (TPSA) is 274 Å². The van der Waals surface area contributed by atoms with E-state index in [2.05, 4.69) is 21.3 Å². The fraction of sp³-hybridized carbons (Fsp3) is 0.580. The number of aliphatic carboxylic acids is 1. The highest BCUT2D eigenvalue weighted by molar-refractivity contribution is 5.83. The highest BCUT2D eigenvalue weighted by Gasteiger charge is 2.63. The van der Waals surface area contributed by atoms with Crippen molar-refractivity contribution in [2.75, 3.05) is 0 Å². The molecular formula is C69H78F8N4O19. The first-order chi connectivity index (χ1) is 46.8. The minimum absolute atomic E-state index is 0.148. The zero-order valence-electron chi connectivity index (χ0n) is 56.1. The minimum atomic E-state index is -1.63. The number of hydrogen-bond acceptors (Lipinski definition) is 18. The Hall–Kier alpha value is -7.01. The van der Waals surface area contributed by atoms with E-state index in [9.17, 15) is 32.3 Å².